The van der Waals surface area contributed by atoms with Crippen molar-refractivity contribution < 1.29 is 26.4 Å². The Labute approximate surface area is 154 Å². The summed E-state index contributed by atoms with van der Waals surface area (Å²) >= 11 is 0. The second-order valence-corrected chi connectivity index (χ2v) is 8.21. The van der Waals surface area contributed by atoms with Crippen LogP contribution in [0.5, 0.6) is 0 Å². The number of halogens is 3. The molecule has 3 rings (SSSR count). The van der Waals surface area contributed by atoms with E-state index in [1.54, 1.807) is 0 Å². The highest BCUT2D eigenvalue weighted by Gasteiger charge is 2.33. The lowest BCUT2D eigenvalue weighted by atomic mass is 9.98. The van der Waals surface area contributed by atoms with Crippen molar-refractivity contribution >= 4 is 21.6 Å². The summed E-state index contributed by atoms with van der Waals surface area (Å²) in [5, 5.41) is 2.48. The lowest BCUT2D eigenvalue weighted by Crippen LogP contribution is -2.43. The van der Waals surface area contributed by atoms with Gasteiger partial charge in [0.2, 0.25) is 15.9 Å². The van der Waals surface area contributed by atoms with Crippen LogP contribution < -0.4 is 5.32 Å². The van der Waals surface area contributed by atoms with Crippen LogP contribution in [0.2, 0.25) is 0 Å². The van der Waals surface area contributed by atoms with Gasteiger partial charge in [0.15, 0.2) is 11.6 Å². The molecule has 1 saturated heterocycles. The molecule has 1 fully saturated rings. The number of piperidine rings is 1. The first-order chi connectivity index (χ1) is 12.8. The molecule has 0 aromatic heterocycles. The summed E-state index contributed by atoms with van der Waals surface area (Å²) in [5.74, 6) is -3.77. The number of hydrogen-bond donors (Lipinski definition) is 1. The van der Waals surface area contributed by atoms with Gasteiger partial charge in [-0.25, -0.2) is 21.6 Å². The van der Waals surface area contributed by atoms with Gasteiger partial charge in [0.05, 0.1) is 10.8 Å². The Morgan fingerprint density at radius 2 is 1.74 bits per heavy atom. The summed E-state index contributed by atoms with van der Waals surface area (Å²) in [7, 11) is -3.85. The van der Waals surface area contributed by atoms with Crippen LogP contribution in [0.4, 0.5) is 18.9 Å². The highest BCUT2D eigenvalue weighted by atomic mass is 32.2. The molecular weight excluding hydrogens is 381 g/mol. The molecule has 2 aromatic rings. The van der Waals surface area contributed by atoms with Gasteiger partial charge in [-0.05, 0) is 49.2 Å². The van der Waals surface area contributed by atoms with Gasteiger partial charge in [-0.1, -0.05) is 0 Å². The summed E-state index contributed by atoms with van der Waals surface area (Å²) in [6.07, 6.45) is 0.932. The van der Waals surface area contributed by atoms with Gasteiger partial charge < -0.3 is 5.32 Å². The third-order valence-corrected chi connectivity index (χ3v) is 6.27. The van der Waals surface area contributed by atoms with E-state index < -0.39 is 39.3 Å². The van der Waals surface area contributed by atoms with Crippen LogP contribution in [0.1, 0.15) is 12.8 Å². The monoisotopic (exact) mass is 398 g/mol. The van der Waals surface area contributed by atoms with E-state index in [0.29, 0.717) is 12.8 Å². The molecule has 0 bridgehead atoms. The minimum atomic E-state index is -3.85. The van der Waals surface area contributed by atoms with Crippen LogP contribution in [-0.4, -0.2) is 31.7 Å². The standard InChI is InChI=1S/C18H17F3N2O3S/c19-13-3-6-15(7-4-13)27(25,26)23-9-1-2-12(11-23)18(24)22-14-5-8-16(20)17(21)10-14/h3-8,10,12H,1-2,9,11H2,(H,22,24)/t12-/m1/s1. The molecule has 1 atom stereocenters. The van der Waals surface area contributed by atoms with Crippen LogP contribution in [-0.2, 0) is 14.8 Å². The Bertz CT molecular complexity index is 949. The van der Waals surface area contributed by atoms with E-state index >= 15 is 0 Å². The molecule has 144 valence electrons. The van der Waals surface area contributed by atoms with Gasteiger partial charge in [-0.2, -0.15) is 4.31 Å². The van der Waals surface area contributed by atoms with Crippen LogP contribution in [0.15, 0.2) is 47.4 Å². The lowest BCUT2D eigenvalue weighted by Gasteiger charge is -2.31. The van der Waals surface area contributed by atoms with E-state index in [0.717, 1.165) is 24.3 Å². The normalized spacial score (nSPS) is 18.3. The molecule has 0 spiro atoms. The van der Waals surface area contributed by atoms with Crippen molar-refractivity contribution in [3.05, 3.63) is 59.9 Å². The van der Waals surface area contributed by atoms with E-state index in [4.69, 9.17) is 0 Å². The molecule has 1 aliphatic rings. The average molecular weight is 398 g/mol. The number of nitrogens with zero attached hydrogens (tertiary/aromatic N) is 1. The second-order valence-electron chi connectivity index (χ2n) is 6.27. The average Bonchev–Trinajstić information content (AvgIpc) is 2.65. The minimum absolute atomic E-state index is 0.0464. The van der Waals surface area contributed by atoms with Gasteiger partial charge in [0, 0.05) is 24.8 Å². The molecule has 0 unspecified atom stereocenters. The van der Waals surface area contributed by atoms with Gasteiger partial charge in [-0.3, -0.25) is 4.79 Å². The van der Waals surface area contributed by atoms with Crippen molar-refractivity contribution in [2.75, 3.05) is 18.4 Å². The summed E-state index contributed by atoms with van der Waals surface area (Å²) < 4.78 is 65.8. The molecular formula is C18H17F3N2O3S. The van der Waals surface area contributed by atoms with E-state index in [9.17, 15) is 26.4 Å². The van der Waals surface area contributed by atoms with E-state index in [1.807, 2.05) is 0 Å². The molecule has 0 saturated carbocycles. The van der Waals surface area contributed by atoms with E-state index in [-0.39, 0.29) is 23.7 Å². The lowest BCUT2D eigenvalue weighted by molar-refractivity contribution is -0.120. The predicted octanol–water partition coefficient (Wildman–Crippen LogP) is 3.14. The molecule has 9 heteroatoms. The number of carbonyl (C=O) groups is 1. The number of nitrogens with one attached hydrogen (secondary N) is 1. The topological polar surface area (TPSA) is 66.5 Å². The van der Waals surface area contributed by atoms with Crippen LogP contribution in [0.3, 0.4) is 0 Å². The zero-order chi connectivity index (χ0) is 19.6. The maximum atomic E-state index is 13.3. The molecule has 1 heterocycles. The first-order valence-corrected chi connectivity index (χ1v) is 9.73. The number of rotatable bonds is 4. The molecule has 1 amide bonds. The summed E-state index contributed by atoms with van der Waals surface area (Å²) in [6, 6.07) is 7.46. The van der Waals surface area contributed by atoms with Crippen molar-refractivity contribution in [1.82, 2.24) is 4.31 Å². The van der Waals surface area contributed by atoms with E-state index in [1.165, 1.54) is 22.5 Å². The summed E-state index contributed by atoms with van der Waals surface area (Å²) in [5.41, 5.74) is 0.0948. The molecule has 1 N–H and O–H groups in total. The molecule has 0 radical (unpaired) electrons. The fraction of sp³-hybridized carbons (Fsp3) is 0.278. The Balaban J connectivity index is 1.72. The van der Waals surface area contributed by atoms with Crippen molar-refractivity contribution in [2.24, 2.45) is 5.92 Å². The van der Waals surface area contributed by atoms with E-state index in [2.05, 4.69) is 5.32 Å². The van der Waals surface area contributed by atoms with Gasteiger partial charge in [0.1, 0.15) is 5.82 Å². The molecule has 1 aliphatic heterocycles. The summed E-state index contributed by atoms with van der Waals surface area (Å²) in [4.78, 5) is 12.4. The fourth-order valence-corrected chi connectivity index (χ4v) is 4.47. The van der Waals surface area contributed by atoms with Gasteiger partial charge in [0.25, 0.3) is 0 Å². The minimum Gasteiger partial charge on any atom is -0.326 e. The SMILES string of the molecule is O=C(Nc1ccc(F)c(F)c1)[C@@H]1CCCN(S(=O)(=O)c2ccc(F)cc2)C1. The summed E-state index contributed by atoms with van der Waals surface area (Å²) in [6.45, 7) is 0.198. The number of hydrogen-bond acceptors (Lipinski definition) is 3. The fourth-order valence-electron chi connectivity index (χ4n) is 2.95. The number of anilines is 1. The first-order valence-electron chi connectivity index (χ1n) is 8.29. The number of benzene rings is 2. The number of sulfonamides is 1. The largest absolute Gasteiger partial charge is 0.326 e. The zero-order valence-corrected chi connectivity index (χ0v) is 15.0. The molecule has 5 nitrogen and oxygen atoms in total. The Morgan fingerprint density at radius 3 is 2.41 bits per heavy atom. The maximum Gasteiger partial charge on any atom is 0.243 e. The van der Waals surface area contributed by atoms with Gasteiger partial charge >= 0.3 is 0 Å². The maximum absolute atomic E-state index is 13.3. The smallest absolute Gasteiger partial charge is 0.243 e. The molecule has 2 aromatic carbocycles. The third-order valence-electron chi connectivity index (χ3n) is 4.39. The van der Waals surface area contributed by atoms with Gasteiger partial charge in [-0.15, -0.1) is 0 Å². The number of amides is 1. The quantitative estimate of drug-likeness (QED) is 0.861. The molecule has 27 heavy (non-hydrogen) atoms. The first kappa shape index (κ1) is 19.4. The van der Waals surface area contributed by atoms with Crippen LogP contribution >= 0.6 is 0 Å². The second kappa shape index (κ2) is 7.69. The zero-order valence-electron chi connectivity index (χ0n) is 14.2. The highest BCUT2D eigenvalue weighted by Crippen LogP contribution is 2.25. The van der Waals surface area contributed by atoms with Crippen molar-refractivity contribution in [3.63, 3.8) is 0 Å². The van der Waals surface area contributed by atoms with Crippen molar-refractivity contribution in [3.8, 4) is 0 Å². The van der Waals surface area contributed by atoms with Crippen molar-refractivity contribution in [1.29, 1.82) is 0 Å². The Hall–Kier alpha value is -2.39. The molecule has 0 aliphatic carbocycles. The van der Waals surface area contributed by atoms with Crippen LogP contribution in [0, 0.1) is 23.4 Å². The van der Waals surface area contributed by atoms with Crippen LogP contribution in [0.25, 0.3) is 0 Å². The Morgan fingerprint density at radius 1 is 1.04 bits per heavy atom. The highest BCUT2D eigenvalue weighted by molar-refractivity contribution is 7.89. The predicted molar refractivity (Wildman–Crippen MR) is 92.9 cm³/mol. The number of carbonyl (C=O) groups excluding carboxylic acids is 1. The third kappa shape index (κ3) is 4.30. The van der Waals surface area contributed by atoms with Crippen molar-refractivity contribution in [2.45, 2.75) is 17.7 Å². The Kier molecular flexibility index (Phi) is 5.52.